The fourth-order valence-corrected chi connectivity index (χ4v) is 2.56. The number of halogens is 1. The molecular formula is C14H15BrN2O2. The molecule has 19 heavy (non-hydrogen) atoms. The van der Waals surface area contributed by atoms with Gasteiger partial charge in [-0.2, -0.15) is 0 Å². The summed E-state index contributed by atoms with van der Waals surface area (Å²) in [6, 6.07) is 7.94. The van der Waals surface area contributed by atoms with Gasteiger partial charge in [-0.3, -0.25) is 9.59 Å². The molecule has 100 valence electrons. The van der Waals surface area contributed by atoms with Crippen molar-refractivity contribution in [2.24, 2.45) is 5.92 Å². The minimum atomic E-state index is -0.211. The van der Waals surface area contributed by atoms with Gasteiger partial charge in [0.05, 0.1) is 5.92 Å². The van der Waals surface area contributed by atoms with E-state index in [0.717, 1.165) is 23.0 Å². The number of carbonyl (C=O) groups is 2. The Morgan fingerprint density at radius 1 is 1.26 bits per heavy atom. The fourth-order valence-electron chi connectivity index (χ4n) is 2.30. The zero-order valence-corrected chi connectivity index (χ0v) is 12.0. The van der Waals surface area contributed by atoms with Crippen molar-refractivity contribution in [2.75, 3.05) is 11.4 Å². The first-order valence-electron chi connectivity index (χ1n) is 6.50. The molecular weight excluding hydrogens is 308 g/mol. The van der Waals surface area contributed by atoms with Crippen LogP contribution in [0.5, 0.6) is 0 Å². The van der Waals surface area contributed by atoms with Crippen LogP contribution in [-0.4, -0.2) is 24.4 Å². The van der Waals surface area contributed by atoms with Crippen molar-refractivity contribution in [3.8, 4) is 0 Å². The van der Waals surface area contributed by atoms with Gasteiger partial charge >= 0.3 is 0 Å². The van der Waals surface area contributed by atoms with Gasteiger partial charge in [0.25, 0.3) is 0 Å². The summed E-state index contributed by atoms with van der Waals surface area (Å²) < 4.78 is 0.978. The molecule has 5 heteroatoms. The van der Waals surface area contributed by atoms with E-state index < -0.39 is 0 Å². The van der Waals surface area contributed by atoms with Crippen molar-refractivity contribution in [3.05, 3.63) is 28.7 Å². The second kappa shape index (κ2) is 4.96. The van der Waals surface area contributed by atoms with Crippen LogP contribution in [0.3, 0.4) is 0 Å². The Morgan fingerprint density at radius 2 is 1.95 bits per heavy atom. The first-order valence-corrected chi connectivity index (χ1v) is 7.29. The normalized spacial score (nSPS) is 22.7. The highest BCUT2D eigenvalue weighted by molar-refractivity contribution is 9.10. The highest BCUT2D eigenvalue weighted by Gasteiger charge is 2.36. The molecule has 2 amide bonds. The lowest BCUT2D eigenvalue weighted by atomic mass is 10.1. The Bertz CT molecular complexity index is 511. The molecule has 1 heterocycles. The van der Waals surface area contributed by atoms with Crippen LogP contribution in [0.25, 0.3) is 0 Å². The van der Waals surface area contributed by atoms with Gasteiger partial charge in [0.15, 0.2) is 0 Å². The minimum absolute atomic E-state index is 0.0236. The van der Waals surface area contributed by atoms with Crippen LogP contribution in [0.4, 0.5) is 5.69 Å². The maximum atomic E-state index is 12.0. The van der Waals surface area contributed by atoms with E-state index >= 15 is 0 Å². The molecule has 1 aromatic carbocycles. The number of carbonyl (C=O) groups excluding carboxylic acids is 2. The predicted molar refractivity (Wildman–Crippen MR) is 75.8 cm³/mol. The maximum absolute atomic E-state index is 12.0. The number of nitrogens with zero attached hydrogens (tertiary/aromatic N) is 1. The average molecular weight is 323 g/mol. The standard InChI is InChI=1S/C14H15BrN2O2/c15-10-1-5-12(6-2-10)17-8-9(7-13(17)18)14(19)16-11-3-4-11/h1-2,5-6,9,11H,3-4,7-8H2,(H,16,19)/t9-/m1/s1. The van der Waals surface area contributed by atoms with E-state index in [0.29, 0.717) is 19.0 Å². The van der Waals surface area contributed by atoms with Gasteiger partial charge in [-0.05, 0) is 37.1 Å². The molecule has 2 fully saturated rings. The van der Waals surface area contributed by atoms with Crippen LogP contribution in [0.15, 0.2) is 28.7 Å². The van der Waals surface area contributed by atoms with Gasteiger partial charge in [0.2, 0.25) is 11.8 Å². The lowest BCUT2D eigenvalue weighted by molar-refractivity contribution is -0.126. The third-order valence-electron chi connectivity index (χ3n) is 3.56. The largest absolute Gasteiger partial charge is 0.353 e. The van der Waals surface area contributed by atoms with Gasteiger partial charge in [-0.1, -0.05) is 15.9 Å². The molecule has 1 N–H and O–H groups in total. The monoisotopic (exact) mass is 322 g/mol. The second-order valence-corrected chi connectivity index (χ2v) is 6.08. The van der Waals surface area contributed by atoms with Crippen molar-refractivity contribution >= 4 is 33.4 Å². The van der Waals surface area contributed by atoms with E-state index in [9.17, 15) is 9.59 Å². The van der Waals surface area contributed by atoms with Crippen molar-refractivity contribution in [3.63, 3.8) is 0 Å². The Hall–Kier alpha value is -1.36. The third-order valence-corrected chi connectivity index (χ3v) is 4.09. The lowest BCUT2D eigenvalue weighted by Crippen LogP contribution is -2.34. The van der Waals surface area contributed by atoms with Gasteiger partial charge in [0.1, 0.15) is 0 Å². The van der Waals surface area contributed by atoms with Crippen LogP contribution in [0.1, 0.15) is 19.3 Å². The van der Waals surface area contributed by atoms with Crippen molar-refractivity contribution in [1.29, 1.82) is 0 Å². The molecule has 0 unspecified atom stereocenters. The van der Waals surface area contributed by atoms with Crippen LogP contribution in [-0.2, 0) is 9.59 Å². The number of hydrogen-bond donors (Lipinski definition) is 1. The first kappa shape index (κ1) is 12.7. The Kier molecular flexibility index (Phi) is 3.31. The molecule has 1 atom stereocenters. The highest BCUT2D eigenvalue weighted by atomic mass is 79.9. The molecule has 1 aliphatic carbocycles. The van der Waals surface area contributed by atoms with Crippen molar-refractivity contribution in [1.82, 2.24) is 5.32 Å². The fraction of sp³-hybridized carbons (Fsp3) is 0.429. The molecule has 2 aliphatic rings. The van der Waals surface area contributed by atoms with Crippen LogP contribution in [0, 0.1) is 5.92 Å². The second-order valence-electron chi connectivity index (χ2n) is 5.16. The number of nitrogens with one attached hydrogen (secondary N) is 1. The number of rotatable bonds is 3. The molecule has 1 saturated carbocycles. The molecule has 0 radical (unpaired) electrons. The van der Waals surface area contributed by atoms with Crippen LogP contribution in [0.2, 0.25) is 0 Å². The average Bonchev–Trinajstić information content (AvgIpc) is 3.11. The van der Waals surface area contributed by atoms with E-state index in [1.165, 1.54) is 0 Å². The van der Waals surface area contributed by atoms with E-state index in [4.69, 9.17) is 0 Å². The molecule has 1 aliphatic heterocycles. The maximum Gasteiger partial charge on any atom is 0.227 e. The molecule has 3 rings (SSSR count). The van der Waals surface area contributed by atoms with E-state index in [1.54, 1.807) is 4.90 Å². The van der Waals surface area contributed by atoms with Gasteiger partial charge < -0.3 is 10.2 Å². The van der Waals surface area contributed by atoms with Gasteiger partial charge in [-0.25, -0.2) is 0 Å². The van der Waals surface area contributed by atoms with Crippen LogP contribution < -0.4 is 10.2 Å². The topological polar surface area (TPSA) is 49.4 Å². The summed E-state index contributed by atoms with van der Waals surface area (Å²) in [6.07, 6.45) is 2.46. The summed E-state index contributed by atoms with van der Waals surface area (Å²) >= 11 is 3.37. The first-order chi connectivity index (χ1) is 9.13. The summed E-state index contributed by atoms with van der Waals surface area (Å²) in [7, 11) is 0. The molecule has 1 aromatic rings. The predicted octanol–water partition coefficient (Wildman–Crippen LogP) is 2.08. The molecule has 0 aromatic heterocycles. The number of anilines is 1. The zero-order valence-electron chi connectivity index (χ0n) is 10.4. The van der Waals surface area contributed by atoms with E-state index in [2.05, 4.69) is 21.2 Å². The number of hydrogen-bond acceptors (Lipinski definition) is 2. The lowest BCUT2D eigenvalue weighted by Gasteiger charge is -2.16. The van der Waals surface area contributed by atoms with Gasteiger partial charge in [-0.15, -0.1) is 0 Å². The summed E-state index contributed by atoms with van der Waals surface area (Å²) in [6.45, 7) is 0.485. The summed E-state index contributed by atoms with van der Waals surface area (Å²) in [4.78, 5) is 25.7. The zero-order chi connectivity index (χ0) is 13.4. The highest BCUT2D eigenvalue weighted by Crippen LogP contribution is 2.27. The Morgan fingerprint density at radius 3 is 2.58 bits per heavy atom. The van der Waals surface area contributed by atoms with E-state index in [-0.39, 0.29) is 17.7 Å². The minimum Gasteiger partial charge on any atom is -0.353 e. The SMILES string of the molecule is O=C(NC1CC1)[C@@H]1CC(=O)N(c2ccc(Br)cc2)C1. The van der Waals surface area contributed by atoms with Crippen molar-refractivity contribution in [2.45, 2.75) is 25.3 Å². The molecule has 0 spiro atoms. The smallest absolute Gasteiger partial charge is 0.227 e. The molecule has 4 nitrogen and oxygen atoms in total. The van der Waals surface area contributed by atoms with Crippen molar-refractivity contribution < 1.29 is 9.59 Å². The summed E-state index contributed by atoms with van der Waals surface area (Å²) in [5.41, 5.74) is 0.856. The Balaban J connectivity index is 1.68. The Labute approximate surface area is 120 Å². The van der Waals surface area contributed by atoms with E-state index in [1.807, 2.05) is 24.3 Å². The molecule has 1 saturated heterocycles. The molecule has 0 bridgehead atoms. The summed E-state index contributed by atoms with van der Waals surface area (Å²) in [5, 5.41) is 2.97. The number of amides is 2. The number of benzene rings is 1. The van der Waals surface area contributed by atoms with Gasteiger partial charge in [0, 0.05) is 29.2 Å². The van der Waals surface area contributed by atoms with Crippen LogP contribution >= 0.6 is 15.9 Å². The third kappa shape index (κ3) is 2.81. The quantitative estimate of drug-likeness (QED) is 0.926. The summed E-state index contributed by atoms with van der Waals surface area (Å²) in [5.74, 6) is -0.162.